The average molecular weight is 364 g/mol. The SMILES string of the molecule is Cc1cccc2c(CCC(=O)N(C)C(Cc3ccccc3)C(=O)O)c[nH]c12. The van der Waals surface area contributed by atoms with E-state index in [-0.39, 0.29) is 12.3 Å². The number of aromatic nitrogens is 1. The topological polar surface area (TPSA) is 73.4 Å². The van der Waals surface area contributed by atoms with Crippen molar-refractivity contribution < 1.29 is 14.7 Å². The lowest BCUT2D eigenvalue weighted by molar-refractivity contribution is -0.149. The number of carbonyl (C=O) groups excluding carboxylic acids is 1. The van der Waals surface area contributed by atoms with E-state index in [0.29, 0.717) is 12.8 Å². The summed E-state index contributed by atoms with van der Waals surface area (Å²) in [5.41, 5.74) is 4.22. The predicted molar refractivity (Wildman–Crippen MR) is 106 cm³/mol. The molecular formula is C22H24N2O3. The van der Waals surface area contributed by atoms with Gasteiger partial charge in [0.1, 0.15) is 6.04 Å². The second kappa shape index (κ2) is 8.08. The van der Waals surface area contributed by atoms with Gasteiger partial charge in [-0.2, -0.15) is 0 Å². The summed E-state index contributed by atoms with van der Waals surface area (Å²) in [5, 5.41) is 10.7. The van der Waals surface area contributed by atoms with Gasteiger partial charge < -0.3 is 15.0 Å². The number of likely N-dealkylation sites (N-methyl/N-ethyl adjacent to an activating group) is 1. The summed E-state index contributed by atoms with van der Waals surface area (Å²) in [7, 11) is 1.57. The summed E-state index contributed by atoms with van der Waals surface area (Å²) in [6.07, 6.45) is 3.08. The Bertz CT molecular complexity index is 947. The second-order valence-electron chi connectivity index (χ2n) is 6.86. The van der Waals surface area contributed by atoms with Crippen LogP contribution in [0.3, 0.4) is 0 Å². The van der Waals surface area contributed by atoms with Gasteiger partial charge in [-0.3, -0.25) is 4.79 Å². The van der Waals surface area contributed by atoms with Gasteiger partial charge in [0.2, 0.25) is 5.91 Å². The highest BCUT2D eigenvalue weighted by molar-refractivity contribution is 5.87. The number of rotatable bonds is 7. The van der Waals surface area contributed by atoms with Crippen molar-refractivity contribution in [3.63, 3.8) is 0 Å². The lowest BCUT2D eigenvalue weighted by Crippen LogP contribution is -2.43. The number of hydrogen-bond donors (Lipinski definition) is 2. The molecule has 2 N–H and O–H groups in total. The molecule has 27 heavy (non-hydrogen) atoms. The molecule has 1 unspecified atom stereocenters. The van der Waals surface area contributed by atoms with Crippen molar-refractivity contribution in [1.29, 1.82) is 0 Å². The van der Waals surface area contributed by atoms with Crippen LogP contribution in [0.25, 0.3) is 10.9 Å². The highest BCUT2D eigenvalue weighted by atomic mass is 16.4. The van der Waals surface area contributed by atoms with E-state index in [2.05, 4.69) is 4.98 Å². The number of aromatic amines is 1. The number of amides is 1. The van der Waals surface area contributed by atoms with Crippen molar-refractivity contribution in [2.24, 2.45) is 0 Å². The van der Waals surface area contributed by atoms with E-state index in [1.165, 1.54) is 4.90 Å². The molecule has 0 saturated carbocycles. The Balaban J connectivity index is 1.68. The first-order valence-corrected chi connectivity index (χ1v) is 9.05. The van der Waals surface area contributed by atoms with Crippen molar-refractivity contribution in [3.05, 3.63) is 71.4 Å². The van der Waals surface area contributed by atoms with E-state index in [1.54, 1.807) is 7.05 Å². The number of carboxylic acid groups (broad SMARTS) is 1. The standard InChI is InChI=1S/C22H24N2O3/c1-15-7-6-10-18-17(14-23-21(15)18)11-12-20(25)24(2)19(22(26)27)13-16-8-4-3-5-9-16/h3-10,14,19,23H,11-13H2,1-2H3,(H,26,27). The minimum Gasteiger partial charge on any atom is -0.480 e. The number of carboxylic acids is 1. The van der Waals surface area contributed by atoms with Gasteiger partial charge in [0, 0.05) is 37.0 Å². The molecule has 5 heteroatoms. The molecule has 2 aromatic carbocycles. The number of carbonyl (C=O) groups is 2. The molecule has 0 aliphatic carbocycles. The van der Waals surface area contributed by atoms with Crippen LogP contribution < -0.4 is 0 Å². The number of aryl methyl sites for hydroxylation is 2. The highest BCUT2D eigenvalue weighted by Crippen LogP contribution is 2.22. The van der Waals surface area contributed by atoms with Gasteiger partial charge in [0.25, 0.3) is 0 Å². The molecule has 1 heterocycles. The van der Waals surface area contributed by atoms with Gasteiger partial charge in [0.15, 0.2) is 0 Å². The van der Waals surface area contributed by atoms with Crippen molar-refractivity contribution >= 4 is 22.8 Å². The maximum absolute atomic E-state index is 12.6. The van der Waals surface area contributed by atoms with Crippen LogP contribution >= 0.6 is 0 Å². The molecule has 0 saturated heterocycles. The van der Waals surface area contributed by atoms with Gasteiger partial charge in [-0.15, -0.1) is 0 Å². The minimum atomic E-state index is -0.988. The molecule has 0 spiro atoms. The van der Waals surface area contributed by atoms with Crippen molar-refractivity contribution in [1.82, 2.24) is 9.88 Å². The Hall–Kier alpha value is -3.08. The lowest BCUT2D eigenvalue weighted by atomic mass is 10.0. The van der Waals surface area contributed by atoms with Gasteiger partial charge in [-0.1, -0.05) is 48.5 Å². The molecule has 3 rings (SSSR count). The fourth-order valence-corrected chi connectivity index (χ4v) is 3.39. The van der Waals surface area contributed by atoms with Crippen LogP contribution in [0.5, 0.6) is 0 Å². The normalized spacial score (nSPS) is 12.1. The van der Waals surface area contributed by atoms with Gasteiger partial charge in [0.05, 0.1) is 0 Å². The van der Waals surface area contributed by atoms with E-state index in [9.17, 15) is 14.7 Å². The summed E-state index contributed by atoms with van der Waals surface area (Å²) in [6, 6.07) is 14.6. The quantitative estimate of drug-likeness (QED) is 0.673. The first-order valence-electron chi connectivity index (χ1n) is 9.05. The molecule has 1 amide bonds. The van der Waals surface area contributed by atoms with E-state index < -0.39 is 12.0 Å². The average Bonchev–Trinajstić information content (AvgIpc) is 3.08. The zero-order chi connectivity index (χ0) is 19.4. The Morgan fingerprint density at radius 2 is 1.85 bits per heavy atom. The maximum Gasteiger partial charge on any atom is 0.326 e. The molecule has 140 valence electrons. The van der Waals surface area contributed by atoms with Gasteiger partial charge in [-0.25, -0.2) is 4.79 Å². The summed E-state index contributed by atoms with van der Waals surface area (Å²) in [6.45, 7) is 2.04. The number of aliphatic carboxylic acids is 1. The fraction of sp³-hybridized carbons (Fsp3) is 0.273. The predicted octanol–water partition coefficient (Wildman–Crippen LogP) is 3.56. The molecular weight excluding hydrogens is 340 g/mol. The monoisotopic (exact) mass is 364 g/mol. The van der Waals surface area contributed by atoms with E-state index >= 15 is 0 Å². The number of H-pyrrole nitrogens is 1. The maximum atomic E-state index is 12.6. The third kappa shape index (κ3) is 4.19. The number of fused-ring (bicyclic) bond motifs is 1. The third-order valence-corrected chi connectivity index (χ3v) is 5.04. The summed E-state index contributed by atoms with van der Waals surface area (Å²) < 4.78 is 0. The van der Waals surface area contributed by atoms with Crippen LogP contribution in [0.4, 0.5) is 0 Å². The third-order valence-electron chi connectivity index (χ3n) is 5.04. The van der Waals surface area contributed by atoms with E-state index in [4.69, 9.17) is 0 Å². The first kappa shape index (κ1) is 18.7. The zero-order valence-electron chi connectivity index (χ0n) is 15.6. The van der Waals surface area contributed by atoms with Crippen molar-refractivity contribution in [2.45, 2.75) is 32.2 Å². The largest absolute Gasteiger partial charge is 0.480 e. The Kier molecular flexibility index (Phi) is 5.60. The van der Waals surface area contributed by atoms with Crippen LogP contribution in [0.15, 0.2) is 54.7 Å². The van der Waals surface area contributed by atoms with Crippen LogP contribution in [-0.4, -0.2) is 40.0 Å². The zero-order valence-corrected chi connectivity index (χ0v) is 15.6. The van der Waals surface area contributed by atoms with Crippen LogP contribution in [-0.2, 0) is 22.4 Å². The Labute approximate surface area is 158 Å². The number of nitrogens with zero attached hydrogens (tertiary/aromatic N) is 1. The minimum absolute atomic E-state index is 0.166. The molecule has 0 fully saturated rings. The Morgan fingerprint density at radius 3 is 2.56 bits per heavy atom. The molecule has 1 atom stereocenters. The van der Waals surface area contributed by atoms with Crippen LogP contribution in [0.2, 0.25) is 0 Å². The lowest BCUT2D eigenvalue weighted by Gasteiger charge is -2.25. The number of benzene rings is 2. The van der Waals surface area contributed by atoms with E-state index in [0.717, 1.165) is 27.6 Å². The number of para-hydroxylation sites is 1. The van der Waals surface area contributed by atoms with Crippen molar-refractivity contribution in [2.75, 3.05) is 7.05 Å². The summed E-state index contributed by atoms with van der Waals surface area (Å²) in [4.78, 5) is 28.9. The summed E-state index contributed by atoms with van der Waals surface area (Å²) in [5.74, 6) is -1.15. The van der Waals surface area contributed by atoms with Crippen LogP contribution in [0.1, 0.15) is 23.1 Å². The second-order valence-corrected chi connectivity index (χ2v) is 6.86. The first-order chi connectivity index (χ1) is 13.0. The number of hydrogen-bond acceptors (Lipinski definition) is 2. The van der Waals surface area contributed by atoms with Crippen molar-refractivity contribution in [3.8, 4) is 0 Å². The highest BCUT2D eigenvalue weighted by Gasteiger charge is 2.26. The molecule has 0 bridgehead atoms. The number of nitrogens with one attached hydrogen (secondary N) is 1. The molecule has 3 aromatic rings. The van der Waals surface area contributed by atoms with Crippen LogP contribution in [0, 0.1) is 6.92 Å². The summed E-state index contributed by atoms with van der Waals surface area (Å²) >= 11 is 0. The van der Waals surface area contributed by atoms with E-state index in [1.807, 2.05) is 61.7 Å². The molecule has 1 aromatic heterocycles. The molecule has 5 nitrogen and oxygen atoms in total. The smallest absolute Gasteiger partial charge is 0.326 e. The van der Waals surface area contributed by atoms with Gasteiger partial charge >= 0.3 is 5.97 Å². The molecule has 0 radical (unpaired) electrons. The molecule has 0 aliphatic rings. The Morgan fingerprint density at radius 1 is 1.11 bits per heavy atom. The molecule has 0 aliphatic heterocycles. The van der Waals surface area contributed by atoms with Gasteiger partial charge in [-0.05, 0) is 30.0 Å². The fourth-order valence-electron chi connectivity index (χ4n) is 3.39.